The Bertz CT molecular complexity index is 611. The number of anilines is 1. The van der Waals surface area contributed by atoms with Gasteiger partial charge in [0, 0.05) is 11.3 Å². The van der Waals surface area contributed by atoms with Crippen molar-refractivity contribution in [2.75, 3.05) is 5.32 Å². The molecule has 2 rings (SSSR count). The standard InChI is InChI=1S/C15H13Cl2NO/c1-2-10-5-3-4-6-14(10)18-15(19)11-7-8-12(16)13(17)9-11/h3-9H,2H2,1H3,(H,18,19). The SMILES string of the molecule is CCc1ccccc1NC(=O)c1ccc(Cl)c(Cl)c1. The van der Waals surface area contributed by atoms with E-state index < -0.39 is 0 Å². The summed E-state index contributed by atoms with van der Waals surface area (Å²) in [7, 11) is 0. The third-order valence-corrected chi connectivity index (χ3v) is 3.57. The molecule has 2 nitrogen and oxygen atoms in total. The molecule has 0 aliphatic carbocycles. The van der Waals surface area contributed by atoms with Crippen molar-refractivity contribution in [2.45, 2.75) is 13.3 Å². The molecule has 0 saturated carbocycles. The zero-order valence-corrected chi connectivity index (χ0v) is 11.9. The average Bonchev–Trinajstić information content (AvgIpc) is 2.42. The first-order chi connectivity index (χ1) is 9.11. The summed E-state index contributed by atoms with van der Waals surface area (Å²) in [6.07, 6.45) is 0.859. The van der Waals surface area contributed by atoms with E-state index in [0.717, 1.165) is 17.7 Å². The summed E-state index contributed by atoms with van der Waals surface area (Å²) in [4.78, 5) is 12.1. The third-order valence-electron chi connectivity index (χ3n) is 2.83. The van der Waals surface area contributed by atoms with E-state index >= 15 is 0 Å². The topological polar surface area (TPSA) is 29.1 Å². The lowest BCUT2D eigenvalue weighted by Gasteiger charge is -2.10. The highest BCUT2D eigenvalue weighted by Gasteiger charge is 2.09. The molecule has 0 bridgehead atoms. The summed E-state index contributed by atoms with van der Waals surface area (Å²) >= 11 is 11.7. The monoisotopic (exact) mass is 293 g/mol. The molecule has 0 aliphatic rings. The Labute approximate surface area is 122 Å². The van der Waals surface area contributed by atoms with Crippen LogP contribution in [-0.4, -0.2) is 5.91 Å². The fraction of sp³-hybridized carbons (Fsp3) is 0.133. The highest BCUT2D eigenvalue weighted by molar-refractivity contribution is 6.42. The lowest BCUT2D eigenvalue weighted by atomic mass is 10.1. The van der Waals surface area contributed by atoms with Gasteiger partial charge in [-0.05, 0) is 36.2 Å². The van der Waals surface area contributed by atoms with Crippen LogP contribution in [0.5, 0.6) is 0 Å². The molecule has 4 heteroatoms. The molecule has 0 saturated heterocycles. The number of hydrogen-bond donors (Lipinski definition) is 1. The van der Waals surface area contributed by atoms with Gasteiger partial charge in [0.25, 0.3) is 5.91 Å². The van der Waals surface area contributed by atoms with Crippen LogP contribution in [0.25, 0.3) is 0 Å². The Kier molecular flexibility index (Phi) is 4.46. The molecule has 98 valence electrons. The summed E-state index contributed by atoms with van der Waals surface area (Å²) in [6, 6.07) is 12.5. The van der Waals surface area contributed by atoms with E-state index in [1.165, 1.54) is 0 Å². The van der Waals surface area contributed by atoms with Crippen molar-refractivity contribution in [3.8, 4) is 0 Å². The Morgan fingerprint density at radius 3 is 2.53 bits per heavy atom. The number of hydrogen-bond acceptors (Lipinski definition) is 1. The van der Waals surface area contributed by atoms with Crippen LogP contribution in [0.15, 0.2) is 42.5 Å². The highest BCUT2D eigenvalue weighted by Crippen LogP contribution is 2.23. The van der Waals surface area contributed by atoms with E-state index in [1.54, 1.807) is 18.2 Å². The van der Waals surface area contributed by atoms with Crippen molar-refractivity contribution >= 4 is 34.8 Å². The zero-order valence-electron chi connectivity index (χ0n) is 10.4. The van der Waals surface area contributed by atoms with Gasteiger partial charge in [-0.25, -0.2) is 0 Å². The Balaban J connectivity index is 2.23. The number of rotatable bonds is 3. The molecule has 1 amide bonds. The van der Waals surface area contributed by atoms with Gasteiger partial charge in [-0.2, -0.15) is 0 Å². The summed E-state index contributed by atoms with van der Waals surface area (Å²) < 4.78 is 0. The van der Waals surface area contributed by atoms with Crippen LogP contribution >= 0.6 is 23.2 Å². The maximum Gasteiger partial charge on any atom is 0.255 e. The molecule has 0 fully saturated rings. The number of aryl methyl sites for hydroxylation is 1. The molecule has 0 heterocycles. The van der Waals surface area contributed by atoms with Gasteiger partial charge in [-0.3, -0.25) is 4.79 Å². The molecule has 0 radical (unpaired) electrons. The van der Waals surface area contributed by atoms with Crippen molar-refractivity contribution < 1.29 is 4.79 Å². The summed E-state index contributed by atoms with van der Waals surface area (Å²) in [5, 5.41) is 3.69. The van der Waals surface area contributed by atoms with Gasteiger partial charge in [0.1, 0.15) is 0 Å². The molecular formula is C15H13Cl2NO. The number of halogens is 2. The molecule has 1 N–H and O–H groups in total. The normalized spacial score (nSPS) is 10.3. The fourth-order valence-electron chi connectivity index (χ4n) is 1.78. The molecule has 2 aromatic rings. The second kappa shape index (κ2) is 6.09. The van der Waals surface area contributed by atoms with E-state index in [4.69, 9.17) is 23.2 Å². The molecular weight excluding hydrogens is 281 g/mol. The van der Waals surface area contributed by atoms with Gasteiger partial charge in [0.05, 0.1) is 10.0 Å². The number of carbonyl (C=O) groups excluding carboxylic acids is 1. The van der Waals surface area contributed by atoms with Crippen molar-refractivity contribution in [3.05, 3.63) is 63.6 Å². The summed E-state index contributed by atoms with van der Waals surface area (Å²) in [6.45, 7) is 2.05. The lowest BCUT2D eigenvalue weighted by Crippen LogP contribution is -2.13. The Hall–Kier alpha value is -1.51. The van der Waals surface area contributed by atoms with E-state index in [-0.39, 0.29) is 5.91 Å². The van der Waals surface area contributed by atoms with E-state index in [9.17, 15) is 4.79 Å². The van der Waals surface area contributed by atoms with Gasteiger partial charge in [-0.1, -0.05) is 48.3 Å². The van der Waals surface area contributed by atoms with Crippen LogP contribution in [0.3, 0.4) is 0 Å². The predicted molar refractivity (Wildman–Crippen MR) is 80.2 cm³/mol. The van der Waals surface area contributed by atoms with Gasteiger partial charge in [0.2, 0.25) is 0 Å². The van der Waals surface area contributed by atoms with Crippen LogP contribution in [0.1, 0.15) is 22.8 Å². The van der Waals surface area contributed by atoms with E-state index in [0.29, 0.717) is 15.6 Å². The fourth-order valence-corrected chi connectivity index (χ4v) is 2.08. The van der Waals surface area contributed by atoms with Crippen LogP contribution in [-0.2, 0) is 6.42 Å². The highest BCUT2D eigenvalue weighted by atomic mass is 35.5. The molecule has 0 spiro atoms. The first-order valence-electron chi connectivity index (χ1n) is 5.96. The van der Waals surface area contributed by atoms with Crippen molar-refractivity contribution in [1.29, 1.82) is 0 Å². The molecule has 0 aliphatic heterocycles. The quantitative estimate of drug-likeness (QED) is 0.865. The first kappa shape index (κ1) is 13.9. The minimum Gasteiger partial charge on any atom is -0.322 e. The van der Waals surface area contributed by atoms with Crippen LogP contribution < -0.4 is 5.32 Å². The minimum atomic E-state index is -0.195. The third kappa shape index (κ3) is 3.28. The number of benzene rings is 2. The number of carbonyl (C=O) groups is 1. The van der Waals surface area contributed by atoms with Crippen LogP contribution in [0.4, 0.5) is 5.69 Å². The predicted octanol–water partition coefficient (Wildman–Crippen LogP) is 4.81. The maximum atomic E-state index is 12.1. The van der Waals surface area contributed by atoms with Gasteiger partial charge < -0.3 is 5.32 Å². The lowest BCUT2D eigenvalue weighted by molar-refractivity contribution is 0.102. The summed E-state index contributed by atoms with van der Waals surface area (Å²) in [5.74, 6) is -0.195. The largest absolute Gasteiger partial charge is 0.322 e. The van der Waals surface area contributed by atoms with Gasteiger partial charge in [0.15, 0.2) is 0 Å². The van der Waals surface area contributed by atoms with Crippen LogP contribution in [0.2, 0.25) is 10.0 Å². The number of para-hydroxylation sites is 1. The maximum absolute atomic E-state index is 12.1. The second-order valence-corrected chi connectivity index (χ2v) is 4.91. The van der Waals surface area contributed by atoms with Gasteiger partial charge >= 0.3 is 0 Å². The van der Waals surface area contributed by atoms with Crippen molar-refractivity contribution in [1.82, 2.24) is 0 Å². The molecule has 19 heavy (non-hydrogen) atoms. The molecule has 0 unspecified atom stereocenters. The molecule has 2 aromatic carbocycles. The minimum absolute atomic E-state index is 0.195. The Morgan fingerprint density at radius 1 is 1.11 bits per heavy atom. The van der Waals surface area contributed by atoms with E-state index in [2.05, 4.69) is 5.32 Å². The van der Waals surface area contributed by atoms with Crippen molar-refractivity contribution in [3.63, 3.8) is 0 Å². The summed E-state index contributed by atoms with van der Waals surface area (Å²) in [5.41, 5.74) is 2.40. The number of nitrogens with one attached hydrogen (secondary N) is 1. The first-order valence-corrected chi connectivity index (χ1v) is 6.71. The zero-order chi connectivity index (χ0) is 13.8. The van der Waals surface area contributed by atoms with Crippen LogP contribution in [0, 0.1) is 0 Å². The smallest absolute Gasteiger partial charge is 0.255 e. The van der Waals surface area contributed by atoms with Gasteiger partial charge in [-0.15, -0.1) is 0 Å². The molecule has 0 atom stereocenters. The average molecular weight is 294 g/mol. The van der Waals surface area contributed by atoms with Crippen molar-refractivity contribution in [2.24, 2.45) is 0 Å². The Morgan fingerprint density at radius 2 is 1.84 bits per heavy atom. The molecule has 0 aromatic heterocycles. The number of amides is 1. The second-order valence-electron chi connectivity index (χ2n) is 4.09. The van der Waals surface area contributed by atoms with E-state index in [1.807, 2.05) is 31.2 Å².